The lowest BCUT2D eigenvalue weighted by molar-refractivity contribution is 0.214. The Bertz CT molecular complexity index is 41.0. The highest BCUT2D eigenvalue weighted by atomic mass is 35.5. The fourth-order valence-electron chi connectivity index (χ4n) is 0.149. The fraction of sp³-hybridized carbons (Fsp3) is 0.750. The average Bonchev–Trinajstić information content (AvgIpc) is 1.61. The van der Waals surface area contributed by atoms with E-state index in [-0.39, 0.29) is 12.4 Å². The van der Waals surface area contributed by atoms with Gasteiger partial charge in [0, 0.05) is 6.21 Å². The van der Waals surface area contributed by atoms with Crippen molar-refractivity contribution in [2.75, 3.05) is 7.11 Å². The van der Waals surface area contributed by atoms with Gasteiger partial charge in [-0.25, -0.2) is 0 Å². The molecule has 0 aliphatic heterocycles. The highest BCUT2D eigenvalue weighted by Crippen LogP contribution is 1.67. The largest absolute Gasteiger partial charge is 0.399 e. The molecule has 0 aromatic carbocycles. The zero-order valence-electron chi connectivity index (χ0n) is 4.55. The summed E-state index contributed by atoms with van der Waals surface area (Å²) >= 11 is 0. The first-order valence-electron chi connectivity index (χ1n) is 1.96. The van der Waals surface area contributed by atoms with Crippen molar-refractivity contribution in [3.63, 3.8) is 0 Å². The van der Waals surface area contributed by atoms with Crippen LogP contribution in [-0.4, -0.2) is 13.3 Å². The first kappa shape index (κ1) is 9.90. The Morgan fingerprint density at radius 3 is 2.43 bits per heavy atom. The smallest absolute Gasteiger partial charge is 0.106 e. The SMILES string of the molecule is CC/C=N/OC.Cl. The minimum Gasteiger partial charge on any atom is -0.399 e. The van der Waals surface area contributed by atoms with Crippen molar-refractivity contribution in [3.8, 4) is 0 Å². The van der Waals surface area contributed by atoms with Gasteiger partial charge < -0.3 is 4.84 Å². The van der Waals surface area contributed by atoms with Gasteiger partial charge in [0.05, 0.1) is 0 Å². The maximum Gasteiger partial charge on any atom is 0.106 e. The Morgan fingerprint density at radius 2 is 2.29 bits per heavy atom. The van der Waals surface area contributed by atoms with Crippen LogP contribution in [0.3, 0.4) is 0 Å². The van der Waals surface area contributed by atoms with Crippen LogP contribution in [0, 0.1) is 0 Å². The molecule has 0 spiro atoms. The second-order valence-corrected chi connectivity index (χ2v) is 0.879. The first-order valence-corrected chi connectivity index (χ1v) is 1.96. The second-order valence-electron chi connectivity index (χ2n) is 0.879. The summed E-state index contributed by atoms with van der Waals surface area (Å²) in [5.74, 6) is 0. The second kappa shape index (κ2) is 9.23. The Labute approximate surface area is 50.0 Å². The van der Waals surface area contributed by atoms with E-state index < -0.39 is 0 Å². The number of hydrogen-bond donors (Lipinski definition) is 0. The zero-order valence-corrected chi connectivity index (χ0v) is 5.36. The Morgan fingerprint density at radius 1 is 1.71 bits per heavy atom. The Balaban J connectivity index is 0. The third kappa shape index (κ3) is 10.7. The van der Waals surface area contributed by atoms with Gasteiger partial charge in [-0.1, -0.05) is 12.1 Å². The monoisotopic (exact) mass is 123 g/mol. The number of oxime groups is 1. The lowest BCUT2D eigenvalue weighted by Crippen LogP contribution is -1.68. The molecule has 0 unspecified atom stereocenters. The van der Waals surface area contributed by atoms with Crippen molar-refractivity contribution in [2.45, 2.75) is 13.3 Å². The number of halogens is 1. The molecule has 0 bridgehead atoms. The van der Waals surface area contributed by atoms with E-state index in [1.165, 1.54) is 7.11 Å². The van der Waals surface area contributed by atoms with Gasteiger partial charge in [0.15, 0.2) is 0 Å². The van der Waals surface area contributed by atoms with Crippen LogP contribution in [0.2, 0.25) is 0 Å². The Hall–Kier alpha value is -0.240. The Kier molecular flexibility index (Phi) is 13.1. The van der Waals surface area contributed by atoms with Gasteiger partial charge in [0.1, 0.15) is 7.11 Å². The molecule has 3 heteroatoms. The summed E-state index contributed by atoms with van der Waals surface area (Å²) in [6.45, 7) is 2.00. The third-order valence-corrected chi connectivity index (χ3v) is 0.363. The van der Waals surface area contributed by atoms with Gasteiger partial charge in [-0.3, -0.25) is 0 Å². The van der Waals surface area contributed by atoms with Crippen LogP contribution in [0.4, 0.5) is 0 Å². The number of hydrogen-bond acceptors (Lipinski definition) is 2. The standard InChI is InChI=1S/C4H9NO.ClH/c1-3-4-5-6-2;/h4H,3H2,1-2H3;1H/b5-4+;. The molecule has 0 amide bonds. The predicted octanol–water partition coefficient (Wildman–Crippen LogP) is 1.45. The molecular formula is C4H10ClNO. The van der Waals surface area contributed by atoms with E-state index in [1.54, 1.807) is 6.21 Å². The fourth-order valence-corrected chi connectivity index (χ4v) is 0.149. The van der Waals surface area contributed by atoms with Gasteiger partial charge in [0.25, 0.3) is 0 Å². The summed E-state index contributed by atoms with van der Waals surface area (Å²) in [6, 6.07) is 0. The minimum absolute atomic E-state index is 0. The molecule has 2 nitrogen and oxygen atoms in total. The molecule has 44 valence electrons. The van der Waals surface area contributed by atoms with E-state index in [1.807, 2.05) is 6.92 Å². The normalized spacial score (nSPS) is 8.29. The van der Waals surface area contributed by atoms with E-state index in [0.29, 0.717) is 0 Å². The molecule has 0 radical (unpaired) electrons. The highest BCUT2D eigenvalue weighted by Gasteiger charge is 1.59. The molecule has 0 saturated carbocycles. The maximum absolute atomic E-state index is 4.35. The van der Waals surface area contributed by atoms with Crippen molar-refractivity contribution in [1.29, 1.82) is 0 Å². The summed E-state index contributed by atoms with van der Waals surface area (Å²) < 4.78 is 0. The molecule has 0 heterocycles. The molecule has 0 fully saturated rings. The zero-order chi connectivity index (χ0) is 4.83. The van der Waals surface area contributed by atoms with Gasteiger partial charge in [0.2, 0.25) is 0 Å². The molecule has 0 aromatic heterocycles. The van der Waals surface area contributed by atoms with Crippen molar-refractivity contribution >= 4 is 18.6 Å². The molecule has 0 rings (SSSR count). The number of nitrogens with zero attached hydrogens (tertiary/aromatic N) is 1. The first-order chi connectivity index (χ1) is 2.91. The average molecular weight is 124 g/mol. The van der Waals surface area contributed by atoms with Crippen LogP contribution in [0.5, 0.6) is 0 Å². The van der Waals surface area contributed by atoms with Crippen molar-refractivity contribution in [2.24, 2.45) is 5.16 Å². The highest BCUT2D eigenvalue weighted by molar-refractivity contribution is 5.85. The molecule has 7 heavy (non-hydrogen) atoms. The predicted molar refractivity (Wildman–Crippen MR) is 33.0 cm³/mol. The molecular weight excluding hydrogens is 114 g/mol. The van der Waals surface area contributed by atoms with E-state index in [4.69, 9.17) is 0 Å². The summed E-state index contributed by atoms with van der Waals surface area (Å²) in [5.41, 5.74) is 0. The third-order valence-electron chi connectivity index (χ3n) is 0.363. The summed E-state index contributed by atoms with van der Waals surface area (Å²) in [6.07, 6.45) is 2.65. The maximum atomic E-state index is 4.35. The molecule has 0 saturated heterocycles. The van der Waals surface area contributed by atoms with E-state index in [0.717, 1.165) is 6.42 Å². The van der Waals surface area contributed by atoms with Gasteiger partial charge >= 0.3 is 0 Å². The summed E-state index contributed by atoms with van der Waals surface area (Å²) in [4.78, 5) is 4.35. The summed E-state index contributed by atoms with van der Waals surface area (Å²) in [5, 5.41) is 3.47. The molecule has 0 atom stereocenters. The van der Waals surface area contributed by atoms with E-state index in [9.17, 15) is 0 Å². The van der Waals surface area contributed by atoms with E-state index >= 15 is 0 Å². The number of rotatable bonds is 2. The van der Waals surface area contributed by atoms with Crippen LogP contribution >= 0.6 is 12.4 Å². The lowest BCUT2D eigenvalue weighted by Gasteiger charge is -1.78. The van der Waals surface area contributed by atoms with Crippen LogP contribution < -0.4 is 0 Å². The van der Waals surface area contributed by atoms with Gasteiger partial charge in [-0.05, 0) is 6.42 Å². The lowest BCUT2D eigenvalue weighted by atomic mass is 10.6. The van der Waals surface area contributed by atoms with Crippen LogP contribution in [0.25, 0.3) is 0 Å². The van der Waals surface area contributed by atoms with Crippen molar-refractivity contribution in [1.82, 2.24) is 0 Å². The van der Waals surface area contributed by atoms with Crippen molar-refractivity contribution < 1.29 is 4.84 Å². The molecule has 0 N–H and O–H groups in total. The topological polar surface area (TPSA) is 21.6 Å². The van der Waals surface area contributed by atoms with Gasteiger partial charge in [-0.15, -0.1) is 12.4 Å². The van der Waals surface area contributed by atoms with Gasteiger partial charge in [-0.2, -0.15) is 0 Å². The summed E-state index contributed by atoms with van der Waals surface area (Å²) in [7, 11) is 1.53. The van der Waals surface area contributed by atoms with Crippen LogP contribution in [0.1, 0.15) is 13.3 Å². The van der Waals surface area contributed by atoms with Crippen LogP contribution in [0.15, 0.2) is 5.16 Å². The van der Waals surface area contributed by atoms with E-state index in [2.05, 4.69) is 9.99 Å². The molecule has 0 aromatic rings. The molecule has 0 aliphatic carbocycles. The molecule has 0 aliphatic rings. The quantitative estimate of drug-likeness (QED) is 0.402. The van der Waals surface area contributed by atoms with Crippen LogP contribution in [-0.2, 0) is 4.84 Å². The van der Waals surface area contributed by atoms with Crippen molar-refractivity contribution in [3.05, 3.63) is 0 Å². The minimum atomic E-state index is 0.